The van der Waals surface area contributed by atoms with Gasteiger partial charge in [-0.15, -0.1) is 10.2 Å². The van der Waals surface area contributed by atoms with E-state index in [9.17, 15) is 8.42 Å². The van der Waals surface area contributed by atoms with Gasteiger partial charge in [0.25, 0.3) is 0 Å². The summed E-state index contributed by atoms with van der Waals surface area (Å²) in [5, 5.41) is 10.2. The molecule has 0 saturated heterocycles. The zero-order chi connectivity index (χ0) is 19.9. The van der Waals surface area contributed by atoms with Crippen LogP contribution in [0.4, 0.5) is 0 Å². The molecule has 0 aliphatic rings. The first-order valence-corrected chi connectivity index (χ1v) is 12.8. The summed E-state index contributed by atoms with van der Waals surface area (Å²) in [4.78, 5) is 0. The lowest BCUT2D eigenvalue weighted by Crippen LogP contribution is -2.13. The van der Waals surface area contributed by atoms with Crippen LogP contribution in [0.25, 0.3) is 11.4 Å². The molecule has 8 heteroatoms. The second-order valence-corrected chi connectivity index (χ2v) is 10.6. The standard InChI is InChI=1S/C19H28ClN3O2S2/c1-4-6-7-15(5-2)14-23-18(16-8-10-17(20)11-9-16)21-22-19(23)26-12-13-27(3,24)25/h8-11,15H,4-7,12-14H2,1-3H3/t15-/m0/s1. The molecular weight excluding hydrogens is 402 g/mol. The summed E-state index contributed by atoms with van der Waals surface area (Å²) < 4.78 is 25.0. The Morgan fingerprint density at radius 3 is 2.48 bits per heavy atom. The Bertz CT molecular complexity index is 820. The molecule has 2 aromatic rings. The molecule has 0 aliphatic carbocycles. The van der Waals surface area contributed by atoms with Crippen LogP contribution in [0, 0.1) is 5.92 Å². The number of benzene rings is 1. The van der Waals surface area contributed by atoms with Gasteiger partial charge in [-0.25, -0.2) is 8.42 Å². The third-order valence-corrected chi connectivity index (χ3v) is 6.91. The smallest absolute Gasteiger partial charge is 0.191 e. The van der Waals surface area contributed by atoms with Gasteiger partial charge in [0.15, 0.2) is 11.0 Å². The molecule has 5 nitrogen and oxygen atoms in total. The quantitative estimate of drug-likeness (QED) is 0.472. The first-order valence-electron chi connectivity index (χ1n) is 9.33. The molecule has 0 N–H and O–H groups in total. The predicted octanol–water partition coefficient (Wildman–Crippen LogP) is 4.95. The molecule has 27 heavy (non-hydrogen) atoms. The number of hydrogen-bond acceptors (Lipinski definition) is 5. The number of rotatable bonds is 11. The van der Waals surface area contributed by atoms with Crippen LogP contribution in [-0.4, -0.2) is 40.9 Å². The Balaban J connectivity index is 2.28. The molecule has 150 valence electrons. The Labute approximate surface area is 171 Å². The molecule has 0 spiro atoms. The number of aromatic nitrogens is 3. The highest BCUT2D eigenvalue weighted by atomic mass is 35.5. The van der Waals surface area contributed by atoms with Gasteiger partial charge >= 0.3 is 0 Å². The van der Waals surface area contributed by atoms with Gasteiger partial charge in [0.2, 0.25) is 0 Å². The molecule has 0 aliphatic heterocycles. The molecule has 1 atom stereocenters. The summed E-state index contributed by atoms with van der Waals surface area (Å²) in [5.41, 5.74) is 0.965. The van der Waals surface area contributed by atoms with Crippen molar-refractivity contribution in [3.05, 3.63) is 29.3 Å². The second kappa shape index (κ2) is 10.5. The number of sulfone groups is 1. The molecule has 0 radical (unpaired) electrons. The van der Waals surface area contributed by atoms with Crippen LogP contribution in [0.15, 0.2) is 29.4 Å². The summed E-state index contributed by atoms with van der Waals surface area (Å²) in [7, 11) is -2.99. The fourth-order valence-corrected chi connectivity index (χ4v) is 5.10. The molecule has 0 fully saturated rings. The van der Waals surface area contributed by atoms with Crippen molar-refractivity contribution in [1.82, 2.24) is 14.8 Å². The molecule has 0 bridgehead atoms. The summed E-state index contributed by atoms with van der Waals surface area (Å²) in [5.74, 6) is 1.96. The highest BCUT2D eigenvalue weighted by Crippen LogP contribution is 2.28. The monoisotopic (exact) mass is 429 g/mol. The molecule has 0 unspecified atom stereocenters. The highest BCUT2D eigenvalue weighted by Gasteiger charge is 2.18. The minimum Gasteiger partial charge on any atom is -0.302 e. The van der Waals surface area contributed by atoms with Gasteiger partial charge in [0, 0.05) is 29.1 Å². The number of nitrogens with zero attached hydrogens (tertiary/aromatic N) is 3. The molecule has 0 saturated carbocycles. The SMILES string of the molecule is CCCC[C@H](CC)Cn1c(SCCS(C)(=O)=O)nnc1-c1ccc(Cl)cc1. The van der Waals surface area contributed by atoms with Gasteiger partial charge in [-0.1, -0.05) is 56.5 Å². The lowest BCUT2D eigenvalue weighted by molar-refractivity contribution is 0.380. The van der Waals surface area contributed by atoms with E-state index in [1.54, 1.807) is 0 Å². The minimum atomic E-state index is -2.99. The molecule has 0 amide bonds. The lowest BCUT2D eigenvalue weighted by Gasteiger charge is -2.18. The van der Waals surface area contributed by atoms with Crippen molar-refractivity contribution >= 4 is 33.2 Å². The molecule has 2 rings (SSSR count). The van der Waals surface area contributed by atoms with Crippen molar-refractivity contribution in [1.29, 1.82) is 0 Å². The largest absolute Gasteiger partial charge is 0.302 e. The molecule has 1 aromatic carbocycles. The van der Waals surface area contributed by atoms with Gasteiger partial charge in [0.1, 0.15) is 9.84 Å². The Morgan fingerprint density at radius 2 is 1.89 bits per heavy atom. The third kappa shape index (κ3) is 7.12. The maximum Gasteiger partial charge on any atom is 0.191 e. The number of hydrogen-bond donors (Lipinski definition) is 0. The molecule has 1 aromatic heterocycles. The Hall–Kier alpha value is -1.05. The van der Waals surface area contributed by atoms with Gasteiger partial charge in [-0.3, -0.25) is 0 Å². The lowest BCUT2D eigenvalue weighted by atomic mass is 9.99. The minimum absolute atomic E-state index is 0.133. The topological polar surface area (TPSA) is 64.8 Å². The van der Waals surface area contributed by atoms with Crippen molar-refractivity contribution < 1.29 is 8.42 Å². The van der Waals surface area contributed by atoms with E-state index in [0.717, 1.165) is 29.5 Å². The van der Waals surface area contributed by atoms with Crippen LogP contribution in [0.2, 0.25) is 5.02 Å². The Morgan fingerprint density at radius 1 is 1.19 bits per heavy atom. The zero-order valence-electron chi connectivity index (χ0n) is 16.2. The summed E-state index contributed by atoms with van der Waals surface area (Å²) in [6.45, 7) is 5.25. The number of halogens is 1. The van der Waals surface area contributed by atoms with Crippen molar-refractivity contribution in [2.75, 3.05) is 17.8 Å². The van der Waals surface area contributed by atoms with E-state index in [1.807, 2.05) is 24.3 Å². The van der Waals surface area contributed by atoms with E-state index in [-0.39, 0.29) is 5.75 Å². The first kappa shape index (κ1) is 22.2. The number of thioether (sulfide) groups is 1. The first-order chi connectivity index (χ1) is 12.8. The van der Waals surface area contributed by atoms with Crippen molar-refractivity contribution in [2.24, 2.45) is 5.92 Å². The third-order valence-electron chi connectivity index (χ3n) is 4.49. The highest BCUT2D eigenvalue weighted by molar-refractivity contribution is 8.00. The van der Waals surface area contributed by atoms with Crippen LogP contribution in [0.3, 0.4) is 0 Å². The van der Waals surface area contributed by atoms with Crippen molar-refractivity contribution in [3.8, 4) is 11.4 Å². The number of unbranched alkanes of at least 4 members (excludes halogenated alkanes) is 1. The average molecular weight is 430 g/mol. The fourth-order valence-electron chi connectivity index (χ4n) is 2.83. The van der Waals surface area contributed by atoms with Gasteiger partial charge in [-0.05, 0) is 36.6 Å². The van der Waals surface area contributed by atoms with E-state index in [0.29, 0.717) is 16.7 Å². The predicted molar refractivity (Wildman–Crippen MR) is 114 cm³/mol. The van der Waals surface area contributed by atoms with E-state index in [4.69, 9.17) is 11.6 Å². The van der Waals surface area contributed by atoms with E-state index < -0.39 is 9.84 Å². The summed E-state index contributed by atoms with van der Waals surface area (Å²) >= 11 is 7.47. The van der Waals surface area contributed by atoms with Crippen LogP contribution < -0.4 is 0 Å². The second-order valence-electron chi connectivity index (χ2n) is 6.82. The molecule has 1 heterocycles. The van der Waals surface area contributed by atoms with Crippen molar-refractivity contribution in [3.63, 3.8) is 0 Å². The van der Waals surface area contributed by atoms with Crippen LogP contribution in [0.1, 0.15) is 39.5 Å². The van der Waals surface area contributed by atoms with Gasteiger partial charge in [0.05, 0.1) is 5.75 Å². The van der Waals surface area contributed by atoms with Crippen molar-refractivity contribution in [2.45, 2.75) is 51.2 Å². The zero-order valence-corrected chi connectivity index (χ0v) is 18.6. The van der Waals surface area contributed by atoms with E-state index in [1.165, 1.54) is 37.3 Å². The van der Waals surface area contributed by atoms with Crippen LogP contribution in [0.5, 0.6) is 0 Å². The van der Waals surface area contributed by atoms with Crippen LogP contribution in [-0.2, 0) is 16.4 Å². The normalized spacial score (nSPS) is 13.0. The summed E-state index contributed by atoms with van der Waals surface area (Å²) in [6, 6.07) is 7.59. The van der Waals surface area contributed by atoms with Gasteiger partial charge in [-0.2, -0.15) is 0 Å². The van der Waals surface area contributed by atoms with Crippen LogP contribution >= 0.6 is 23.4 Å². The average Bonchev–Trinajstić information content (AvgIpc) is 3.00. The maximum absolute atomic E-state index is 11.4. The molecular formula is C19H28ClN3O2S2. The Kier molecular flexibility index (Phi) is 8.63. The van der Waals surface area contributed by atoms with E-state index in [2.05, 4.69) is 28.6 Å². The summed E-state index contributed by atoms with van der Waals surface area (Å²) in [6.07, 6.45) is 5.89. The van der Waals surface area contributed by atoms with Gasteiger partial charge < -0.3 is 4.57 Å². The van der Waals surface area contributed by atoms with E-state index >= 15 is 0 Å². The fraction of sp³-hybridized carbons (Fsp3) is 0.579. The maximum atomic E-state index is 11.4.